The lowest BCUT2D eigenvalue weighted by Crippen LogP contribution is -2.24. The second kappa shape index (κ2) is 8.57. The molecular weight excluding hydrogens is 342 g/mol. The minimum atomic E-state index is -0.281. The van der Waals surface area contributed by atoms with Crippen LogP contribution in [-0.4, -0.2) is 21.8 Å². The topological polar surface area (TPSA) is 96.0 Å². The Morgan fingerprint density at radius 1 is 0.889 bits per heavy atom. The highest BCUT2D eigenvalue weighted by Gasteiger charge is 2.08. The van der Waals surface area contributed by atoms with Crippen LogP contribution in [0.2, 0.25) is 0 Å². The van der Waals surface area contributed by atoms with Gasteiger partial charge in [0.1, 0.15) is 5.69 Å². The van der Waals surface area contributed by atoms with Crippen molar-refractivity contribution in [2.24, 2.45) is 0 Å². The predicted molar refractivity (Wildman–Crippen MR) is 104 cm³/mol. The molecule has 136 valence electrons. The number of hydrogen-bond donors (Lipinski definition) is 3. The first-order chi connectivity index (χ1) is 13.1. The molecule has 0 saturated carbocycles. The Morgan fingerprint density at radius 3 is 2.48 bits per heavy atom. The summed E-state index contributed by atoms with van der Waals surface area (Å²) in [5.74, 6) is -0.417. The Labute approximate surface area is 156 Å². The fourth-order valence-electron chi connectivity index (χ4n) is 2.44. The predicted octanol–water partition coefficient (Wildman–Crippen LogP) is 3.11. The van der Waals surface area contributed by atoms with E-state index in [2.05, 4.69) is 25.9 Å². The number of pyridine rings is 2. The highest BCUT2D eigenvalue weighted by molar-refractivity contribution is 5.93. The molecule has 3 aromatic rings. The number of amides is 2. The quantitative estimate of drug-likeness (QED) is 0.627. The second-order valence-corrected chi connectivity index (χ2v) is 5.82. The summed E-state index contributed by atoms with van der Waals surface area (Å²) in [5.41, 5.74) is 3.26. The van der Waals surface area contributed by atoms with Gasteiger partial charge in [0.25, 0.3) is 5.91 Å². The van der Waals surface area contributed by atoms with Crippen molar-refractivity contribution in [3.05, 3.63) is 78.4 Å². The molecule has 0 atom stereocenters. The molecule has 3 N–H and O–H groups in total. The summed E-state index contributed by atoms with van der Waals surface area (Å²) in [6.45, 7) is 1.79. The number of carbonyl (C=O) groups is 2. The van der Waals surface area contributed by atoms with Gasteiger partial charge in [-0.25, -0.2) is 0 Å². The summed E-state index contributed by atoms with van der Waals surface area (Å²) in [7, 11) is 0. The lowest BCUT2D eigenvalue weighted by molar-refractivity contribution is -0.114. The molecule has 3 rings (SSSR count). The Kier molecular flexibility index (Phi) is 5.73. The molecule has 2 heterocycles. The van der Waals surface area contributed by atoms with Gasteiger partial charge < -0.3 is 16.0 Å². The van der Waals surface area contributed by atoms with Crippen molar-refractivity contribution >= 4 is 28.9 Å². The van der Waals surface area contributed by atoms with Gasteiger partial charge in [0.2, 0.25) is 5.91 Å². The van der Waals surface area contributed by atoms with E-state index in [0.717, 1.165) is 11.4 Å². The van der Waals surface area contributed by atoms with E-state index in [1.807, 2.05) is 36.4 Å². The molecule has 0 spiro atoms. The fraction of sp³-hybridized carbons (Fsp3) is 0.100. The van der Waals surface area contributed by atoms with E-state index in [-0.39, 0.29) is 11.8 Å². The Morgan fingerprint density at radius 2 is 1.70 bits per heavy atom. The molecule has 27 heavy (non-hydrogen) atoms. The first kappa shape index (κ1) is 18.1. The first-order valence-electron chi connectivity index (χ1n) is 8.39. The number of anilines is 3. The first-order valence-corrected chi connectivity index (χ1v) is 8.39. The highest BCUT2D eigenvalue weighted by atomic mass is 16.2. The highest BCUT2D eigenvalue weighted by Crippen LogP contribution is 2.20. The Hall–Kier alpha value is -3.74. The number of nitrogens with one attached hydrogen (secondary N) is 3. The van der Waals surface area contributed by atoms with Crippen LogP contribution in [0.25, 0.3) is 0 Å². The smallest absolute Gasteiger partial charge is 0.270 e. The summed E-state index contributed by atoms with van der Waals surface area (Å²) >= 11 is 0. The lowest BCUT2D eigenvalue weighted by atomic mass is 10.2. The van der Waals surface area contributed by atoms with Crippen LogP contribution < -0.4 is 16.0 Å². The summed E-state index contributed by atoms with van der Waals surface area (Å²) in [6.07, 6.45) is 3.25. The molecule has 0 aliphatic rings. The van der Waals surface area contributed by atoms with E-state index in [1.165, 1.54) is 6.92 Å². The Balaban J connectivity index is 1.66. The van der Waals surface area contributed by atoms with Crippen LogP contribution in [0.4, 0.5) is 17.1 Å². The molecule has 7 heteroatoms. The molecular formula is C20H19N5O2. The minimum absolute atomic E-state index is 0.136. The summed E-state index contributed by atoms with van der Waals surface area (Å²) in [5, 5.41) is 8.73. The van der Waals surface area contributed by atoms with Crippen molar-refractivity contribution in [3.8, 4) is 0 Å². The summed E-state index contributed by atoms with van der Waals surface area (Å²) < 4.78 is 0. The van der Waals surface area contributed by atoms with Gasteiger partial charge in [-0.2, -0.15) is 0 Å². The van der Waals surface area contributed by atoms with Crippen molar-refractivity contribution in [2.75, 3.05) is 10.6 Å². The maximum Gasteiger partial charge on any atom is 0.270 e. The number of carbonyl (C=O) groups excluding carboxylic acids is 2. The van der Waals surface area contributed by atoms with Gasteiger partial charge in [-0.3, -0.25) is 19.6 Å². The minimum Gasteiger partial charge on any atom is -0.355 e. The van der Waals surface area contributed by atoms with Gasteiger partial charge >= 0.3 is 0 Å². The lowest BCUT2D eigenvalue weighted by Gasteiger charge is -2.10. The van der Waals surface area contributed by atoms with Crippen LogP contribution in [0.15, 0.2) is 67.0 Å². The van der Waals surface area contributed by atoms with Gasteiger partial charge in [-0.15, -0.1) is 0 Å². The third kappa shape index (κ3) is 5.37. The average Bonchev–Trinajstić information content (AvgIpc) is 2.67. The van der Waals surface area contributed by atoms with E-state index >= 15 is 0 Å². The molecule has 0 bridgehead atoms. The Bertz CT molecular complexity index is 944. The van der Waals surface area contributed by atoms with Crippen molar-refractivity contribution in [1.82, 2.24) is 15.3 Å². The molecule has 1 aromatic carbocycles. The van der Waals surface area contributed by atoms with Gasteiger partial charge in [-0.1, -0.05) is 12.1 Å². The van der Waals surface area contributed by atoms with Crippen molar-refractivity contribution in [1.29, 1.82) is 0 Å². The average molecular weight is 361 g/mol. The molecule has 2 amide bonds. The number of aromatic nitrogens is 2. The molecule has 0 aliphatic heterocycles. The molecule has 0 radical (unpaired) electrons. The number of hydrogen-bond acceptors (Lipinski definition) is 5. The van der Waals surface area contributed by atoms with Crippen LogP contribution >= 0.6 is 0 Å². The standard InChI is InChI=1S/C20H19N5O2/c1-14(26)24-15-6-4-7-16(11-15)25-17-8-10-22-19(12-17)20(27)23-13-18-5-2-3-9-21-18/h2-12H,13H2,1H3,(H,22,25)(H,23,27)(H,24,26). The molecule has 0 fully saturated rings. The zero-order valence-electron chi connectivity index (χ0n) is 14.8. The van der Waals surface area contributed by atoms with E-state index in [1.54, 1.807) is 30.6 Å². The third-order valence-corrected chi connectivity index (χ3v) is 3.62. The molecule has 0 unspecified atom stereocenters. The number of rotatable bonds is 6. The van der Waals surface area contributed by atoms with Crippen LogP contribution in [0, 0.1) is 0 Å². The summed E-state index contributed by atoms with van der Waals surface area (Å²) in [6, 6.07) is 16.3. The van der Waals surface area contributed by atoms with E-state index in [4.69, 9.17) is 0 Å². The van der Waals surface area contributed by atoms with Crippen LogP contribution in [-0.2, 0) is 11.3 Å². The molecule has 0 saturated heterocycles. The normalized spacial score (nSPS) is 10.1. The summed E-state index contributed by atoms with van der Waals surface area (Å²) in [4.78, 5) is 31.8. The number of nitrogens with zero attached hydrogens (tertiary/aromatic N) is 2. The number of benzene rings is 1. The molecule has 7 nitrogen and oxygen atoms in total. The SMILES string of the molecule is CC(=O)Nc1cccc(Nc2ccnc(C(=O)NCc3ccccn3)c2)c1. The largest absolute Gasteiger partial charge is 0.355 e. The van der Waals surface area contributed by atoms with Crippen LogP contribution in [0.5, 0.6) is 0 Å². The van der Waals surface area contributed by atoms with Crippen LogP contribution in [0.3, 0.4) is 0 Å². The fourth-order valence-corrected chi connectivity index (χ4v) is 2.44. The molecule has 0 aliphatic carbocycles. The monoisotopic (exact) mass is 361 g/mol. The van der Waals surface area contributed by atoms with E-state index in [0.29, 0.717) is 23.6 Å². The van der Waals surface area contributed by atoms with Crippen molar-refractivity contribution in [2.45, 2.75) is 13.5 Å². The van der Waals surface area contributed by atoms with Gasteiger partial charge in [0.15, 0.2) is 0 Å². The second-order valence-electron chi connectivity index (χ2n) is 5.82. The maximum absolute atomic E-state index is 12.3. The maximum atomic E-state index is 12.3. The van der Waals surface area contributed by atoms with Gasteiger partial charge in [0, 0.05) is 36.4 Å². The van der Waals surface area contributed by atoms with E-state index < -0.39 is 0 Å². The van der Waals surface area contributed by atoms with Crippen molar-refractivity contribution < 1.29 is 9.59 Å². The molecule has 2 aromatic heterocycles. The van der Waals surface area contributed by atoms with Crippen molar-refractivity contribution in [3.63, 3.8) is 0 Å². The van der Waals surface area contributed by atoms with E-state index in [9.17, 15) is 9.59 Å². The van der Waals surface area contributed by atoms with Gasteiger partial charge in [0.05, 0.1) is 12.2 Å². The zero-order valence-corrected chi connectivity index (χ0v) is 14.8. The van der Waals surface area contributed by atoms with Crippen LogP contribution in [0.1, 0.15) is 23.1 Å². The zero-order chi connectivity index (χ0) is 19.1. The third-order valence-electron chi connectivity index (χ3n) is 3.62. The van der Waals surface area contributed by atoms with Gasteiger partial charge in [-0.05, 0) is 42.5 Å².